The van der Waals surface area contributed by atoms with Gasteiger partial charge in [0.15, 0.2) is 5.13 Å². The van der Waals surface area contributed by atoms with Gasteiger partial charge in [0, 0.05) is 22.4 Å². The fourth-order valence-corrected chi connectivity index (χ4v) is 4.88. The molecule has 3 aromatic rings. The van der Waals surface area contributed by atoms with Crippen LogP contribution >= 0.6 is 27.3 Å². The number of pyridine rings is 1. The summed E-state index contributed by atoms with van der Waals surface area (Å²) in [6, 6.07) is 9.21. The molecule has 1 unspecified atom stereocenters. The molecule has 1 amide bonds. The van der Waals surface area contributed by atoms with Crippen molar-refractivity contribution in [1.82, 2.24) is 9.97 Å². The largest absolute Gasteiger partial charge is 0.507 e. The zero-order valence-corrected chi connectivity index (χ0v) is 19.3. The predicted molar refractivity (Wildman–Crippen MR) is 121 cm³/mol. The van der Waals surface area contributed by atoms with E-state index in [-0.39, 0.29) is 21.3 Å². The van der Waals surface area contributed by atoms with E-state index < -0.39 is 23.7 Å². The second-order valence-electron chi connectivity index (χ2n) is 6.86. The normalized spacial score (nSPS) is 17.6. The molecule has 162 valence electrons. The molecule has 3 heterocycles. The van der Waals surface area contributed by atoms with E-state index in [0.717, 1.165) is 15.8 Å². The third kappa shape index (κ3) is 3.71. The fourth-order valence-electron chi connectivity index (χ4n) is 3.45. The molecule has 4 rings (SSSR count). The first-order valence-electron chi connectivity index (χ1n) is 9.36. The van der Waals surface area contributed by atoms with Crippen molar-refractivity contribution in [2.24, 2.45) is 0 Å². The van der Waals surface area contributed by atoms with Crippen LogP contribution in [-0.2, 0) is 14.3 Å². The van der Waals surface area contributed by atoms with Gasteiger partial charge in [0.05, 0.1) is 24.4 Å². The summed E-state index contributed by atoms with van der Waals surface area (Å²) in [6.45, 7) is 1.62. The number of halogens is 1. The predicted octanol–water partition coefficient (Wildman–Crippen LogP) is 4.02. The van der Waals surface area contributed by atoms with Gasteiger partial charge in [-0.2, -0.15) is 0 Å². The van der Waals surface area contributed by atoms with Crippen LogP contribution in [0.5, 0.6) is 0 Å². The van der Waals surface area contributed by atoms with Crippen molar-refractivity contribution >= 4 is 55.8 Å². The molecule has 32 heavy (non-hydrogen) atoms. The van der Waals surface area contributed by atoms with Crippen LogP contribution in [0.15, 0.2) is 58.8 Å². The molecule has 10 heteroatoms. The lowest BCUT2D eigenvalue weighted by Crippen LogP contribution is -2.29. The van der Waals surface area contributed by atoms with Crippen LogP contribution in [0.2, 0.25) is 0 Å². The number of carbonyl (C=O) groups excluding carboxylic acids is 3. The van der Waals surface area contributed by atoms with Gasteiger partial charge in [-0.3, -0.25) is 19.5 Å². The average molecular weight is 514 g/mol. The third-order valence-corrected chi connectivity index (χ3v) is 6.55. The summed E-state index contributed by atoms with van der Waals surface area (Å²) in [7, 11) is 1.25. The minimum absolute atomic E-state index is 0.0771. The molecule has 1 aliphatic heterocycles. The van der Waals surface area contributed by atoms with Crippen LogP contribution in [0.25, 0.3) is 5.76 Å². The summed E-state index contributed by atoms with van der Waals surface area (Å²) in [4.78, 5) is 48.0. The molecule has 1 saturated heterocycles. The number of aliphatic hydroxyl groups is 1. The van der Waals surface area contributed by atoms with E-state index in [1.165, 1.54) is 24.4 Å². The first-order valence-corrected chi connectivity index (χ1v) is 11.0. The number of rotatable bonds is 4. The topological polar surface area (TPSA) is 110 Å². The second-order valence-corrected chi connectivity index (χ2v) is 8.76. The number of aryl methyl sites for hydroxylation is 1. The quantitative estimate of drug-likeness (QED) is 0.242. The average Bonchev–Trinajstić information content (AvgIpc) is 3.30. The highest BCUT2D eigenvalue weighted by Crippen LogP contribution is 2.44. The second kappa shape index (κ2) is 8.64. The monoisotopic (exact) mass is 513 g/mol. The van der Waals surface area contributed by atoms with Crippen molar-refractivity contribution in [1.29, 1.82) is 0 Å². The van der Waals surface area contributed by atoms with Gasteiger partial charge >= 0.3 is 11.9 Å². The van der Waals surface area contributed by atoms with Crippen LogP contribution in [0, 0.1) is 6.92 Å². The number of ether oxygens (including phenoxy) is 1. The zero-order chi connectivity index (χ0) is 23.0. The van der Waals surface area contributed by atoms with Gasteiger partial charge in [-0.05, 0) is 36.8 Å². The maximum Gasteiger partial charge on any atom is 0.350 e. The van der Waals surface area contributed by atoms with E-state index in [0.29, 0.717) is 16.8 Å². The van der Waals surface area contributed by atoms with Gasteiger partial charge in [-0.25, -0.2) is 9.78 Å². The Morgan fingerprint density at radius 2 is 1.94 bits per heavy atom. The molecular formula is C22H16BrN3O5S. The molecule has 0 saturated carbocycles. The Labute approximate surface area is 195 Å². The Hall–Kier alpha value is -3.37. The number of aromatic nitrogens is 2. The van der Waals surface area contributed by atoms with E-state index in [1.54, 1.807) is 43.3 Å². The molecule has 1 aromatic carbocycles. The lowest BCUT2D eigenvalue weighted by molar-refractivity contribution is -0.132. The first kappa shape index (κ1) is 21.8. The van der Waals surface area contributed by atoms with Gasteiger partial charge in [0.1, 0.15) is 10.6 Å². The lowest BCUT2D eigenvalue weighted by atomic mass is 9.96. The molecule has 0 spiro atoms. The van der Waals surface area contributed by atoms with E-state index in [2.05, 4.69) is 25.9 Å². The summed E-state index contributed by atoms with van der Waals surface area (Å²) < 4.78 is 5.52. The van der Waals surface area contributed by atoms with Crippen molar-refractivity contribution in [2.75, 3.05) is 12.0 Å². The standard InChI is InChI=1S/C22H16BrN3O5S/c1-11-19(21(30)31-2)32-22(25-11)26-16(13-4-3-5-14(23)10-13)15(18(28)20(26)29)17(27)12-6-8-24-9-7-12/h3-10,16,27H,1-2H3. The Bertz CT molecular complexity index is 1270. The van der Waals surface area contributed by atoms with Crippen molar-refractivity contribution in [2.45, 2.75) is 13.0 Å². The third-order valence-electron chi connectivity index (χ3n) is 4.92. The summed E-state index contributed by atoms with van der Waals surface area (Å²) in [6.07, 6.45) is 2.96. The Balaban J connectivity index is 1.95. The van der Waals surface area contributed by atoms with Crippen molar-refractivity contribution in [3.8, 4) is 0 Å². The van der Waals surface area contributed by atoms with Gasteiger partial charge in [-0.1, -0.05) is 39.4 Å². The number of aliphatic hydroxyl groups excluding tert-OH is 1. The van der Waals surface area contributed by atoms with E-state index in [1.807, 2.05) is 0 Å². The maximum absolute atomic E-state index is 13.1. The minimum Gasteiger partial charge on any atom is -0.507 e. The molecule has 0 bridgehead atoms. The van der Waals surface area contributed by atoms with Crippen LogP contribution in [0.4, 0.5) is 5.13 Å². The molecule has 1 aliphatic rings. The highest BCUT2D eigenvalue weighted by Gasteiger charge is 2.48. The van der Waals surface area contributed by atoms with E-state index in [9.17, 15) is 19.5 Å². The van der Waals surface area contributed by atoms with E-state index >= 15 is 0 Å². The number of ketones is 1. The molecule has 1 N–H and O–H groups in total. The minimum atomic E-state index is -0.947. The van der Waals surface area contributed by atoms with Crippen LogP contribution < -0.4 is 4.90 Å². The zero-order valence-electron chi connectivity index (χ0n) is 16.9. The SMILES string of the molecule is COC(=O)c1sc(N2C(=O)C(=O)C(=C(O)c3ccncc3)C2c2cccc(Br)c2)nc1C. The Morgan fingerprint density at radius 3 is 2.59 bits per heavy atom. The smallest absolute Gasteiger partial charge is 0.350 e. The van der Waals surface area contributed by atoms with Crippen molar-refractivity contribution in [3.63, 3.8) is 0 Å². The summed E-state index contributed by atoms with van der Waals surface area (Å²) in [5, 5.41) is 11.2. The Morgan fingerprint density at radius 1 is 1.22 bits per heavy atom. The summed E-state index contributed by atoms with van der Waals surface area (Å²) in [5.41, 5.74) is 1.23. The Kier molecular flexibility index (Phi) is 5.90. The molecule has 2 aromatic heterocycles. The van der Waals surface area contributed by atoms with Crippen LogP contribution in [0.1, 0.15) is 32.5 Å². The molecule has 8 nitrogen and oxygen atoms in total. The highest BCUT2D eigenvalue weighted by atomic mass is 79.9. The molecular weight excluding hydrogens is 498 g/mol. The molecule has 1 fully saturated rings. The van der Waals surface area contributed by atoms with Crippen molar-refractivity contribution in [3.05, 3.63) is 80.5 Å². The number of thiazole rings is 1. The highest BCUT2D eigenvalue weighted by molar-refractivity contribution is 9.10. The summed E-state index contributed by atoms with van der Waals surface area (Å²) in [5.74, 6) is -2.61. The van der Waals surface area contributed by atoms with Crippen molar-refractivity contribution < 1.29 is 24.2 Å². The number of Topliss-reactive ketones (excluding diaryl/α,β-unsaturated/α-hetero) is 1. The number of nitrogens with zero attached hydrogens (tertiary/aromatic N) is 3. The molecule has 0 aliphatic carbocycles. The number of anilines is 1. The lowest BCUT2D eigenvalue weighted by Gasteiger charge is -2.23. The molecule has 1 atom stereocenters. The fraction of sp³-hybridized carbons (Fsp3) is 0.136. The van der Waals surface area contributed by atoms with Crippen LogP contribution in [0.3, 0.4) is 0 Å². The maximum atomic E-state index is 13.1. The van der Waals surface area contributed by atoms with Crippen LogP contribution in [-0.4, -0.2) is 39.8 Å². The van der Waals surface area contributed by atoms with Gasteiger partial charge < -0.3 is 9.84 Å². The number of methoxy groups -OCH3 is 1. The van der Waals surface area contributed by atoms with Gasteiger partial charge in [-0.15, -0.1) is 0 Å². The number of carbonyl (C=O) groups is 3. The molecule has 0 radical (unpaired) electrons. The number of hydrogen-bond acceptors (Lipinski definition) is 8. The first-order chi connectivity index (χ1) is 15.3. The van der Waals surface area contributed by atoms with Gasteiger partial charge in [0.25, 0.3) is 5.78 Å². The number of amides is 1. The number of benzene rings is 1. The number of esters is 1. The summed E-state index contributed by atoms with van der Waals surface area (Å²) >= 11 is 4.36. The van der Waals surface area contributed by atoms with Gasteiger partial charge in [0.2, 0.25) is 0 Å². The van der Waals surface area contributed by atoms with E-state index in [4.69, 9.17) is 4.74 Å². The number of hydrogen-bond donors (Lipinski definition) is 1.